The minimum absolute atomic E-state index is 0.0673. The van der Waals surface area contributed by atoms with Gasteiger partial charge in [0.25, 0.3) is 0 Å². The van der Waals surface area contributed by atoms with E-state index in [2.05, 4.69) is 27.7 Å². The van der Waals surface area contributed by atoms with Crippen LogP contribution in [0.3, 0.4) is 0 Å². The van der Waals surface area contributed by atoms with Crippen LogP contribution in [0.1, 0.15) is 53.9 Å². The first-order valence-electron chi connectivity index (χ1n) is 5.49. The quantitative estimate of drug-likeness (QED) is 0.697. The van der Waals surface area contributed by atoms with Crippen LogP contribution in [0.25, 0.3) is 0 Å². The number of ether oxygens (including phenoxy) is 1. The molecule has 0 spiro atoms. The first-order chi connectivity index (χ1) is 6.27. The van der Waals surface area contributed by atoms with Crippen molar-refractivity contribution >= 4 is 5.78 Å². The minimum Gasteiger partial charge on any atom is -0.369 e. The molecule has 82 valence electrons. The van der Waals surface area contributed by atoms with Crippen molar-refractivity contribution in [3.05, 3.63) is 0 Å². The number of carbonyl (C=O) groups excluding carboxylic acids is 1. The van der Waals surface area contributed by atoms with Gasteiger partial charge >= 0.3 is 0 Å². The fourth-order valence-corrected chi connectivity index (χ4v) is 2.41. The summed E-state index contributed by atoms with van der Waals surface area (Å²) in [5, 5.41) is 0. The van der Waals surface area contributed by atoms with Crippen molar-refractivity contribution in [2.45, 2.75) is 65.1 Å². The third-order valence-electron chi connectivity index (χ3n) is 3.13. The van der Waals surface area contributed by atoms with Crippen molar-refractivity contribution in [1.29, 1.82) is 0 Å². The van der Waals surface area contributed by atoms with E-state index in [9.17, 15) is 4.79 Å². The smallest absolute Gasteiger partial charge is 0.133 e. The van der Waals surface area contributed by atoms with Gasteiger partial charge in [-0.1, -0.05) is 6.92 Å². The molecule has 0 N–H and O–H groups in total. The average Bonchev–Trinajstić information content (AvgIpc) is 2.19. The molecule has 0 amide bonds. The fourth-order valence-electron chi connectivity index (χ4n) is 2.41. The SMILES string of the molecule is CCC(=O)CC1CC(C)(C)OC1(C)C. The highest BCUT2D eigenvalue weighted by atomic mass is 16.5. The molecule has 0 bridgehead atoms. The van der Waals surface area contributed by atoms with Gasteiger partial charge in [-0.05, 0) is 40.0 Å². The molecule has 0 aromatic rings. The second-order valence-corrected chi connectivity index (χ2v) is 5.46. The molecule has 14 heavy (non-hydrogen) atoms. The van der Waals surface area contributed by atoms with Gasteiger partial charge in [0.2, 0.25) is 0 Å². The summed E-state index contributed by atoms with van der Waals surface area (Å²) in [6.07, 6.45) is 2.31. The Morgan fingerprint density at radius 1 is 1.36 bits per heavy atom. The summed E-state index contributed by atoms with van der Waals surface area (Å²) in [5.41, 5.74) is -0.212. The molecule has 0 radical (unpaired) electrons. The van der Waals surface area contributed by atoms with Gasteiger partial charge in [-0.2, -0.15) is 0 Å². The number of hydrogen-bond acceptors (Lipinski definition) is 2. The van der Waals surface area contributed by atoms with Gasteiger partial charge in [0.05, 0.1) is 11.2 Å². The van der Waals surface area contributed by atoms with E-state index >= 15 is 0 Å². The zero-order valence-electron chi connectivity index (χ0n) is 10.0. The van der Waals surface area contributed by atoms with Gasteiger partial charge in [0.15, 0.2) is 0 Å². The molecule has 0 aromatic heterocycles. The molecular formula is C12H22O2. The van der Waals surface area contributed by atoms with Crippen molar-refractivity contribution in [1.82, 2.24) is 0 Å². The average molecular weight is 198 g/mol. The molecule has 1 fully saturated rings. The molecule has 0 saturated carbocycles. The predicted molar refractivity (Wildman–Crippen MR) is 57.3 cm³/mol. The molecule has 1 rings (SSSR count). The van der Waals surface area contributed by atoms with Crippen molar-refractivity contribution in [3.63, 3.8) is 0 Å². The highest BCUT2D eigenvalue weighted by molar-refractivity contribution is 5.78. The van der Waals surface area contributed by atoms with Crippen LogP contribution in [0.4, 0.5) is 0 Å². The van der Waals surface area contributed by atoms with Crippen LogP contribution >= 0.6 is 0 Å². The van der Waals surface area contributed by atoms with Crippen molar-refractivity contribution in [2.24, 2.45) is 5.92 Å². The lowest BCUT2D eigenvalue weighted by Crippen LogP contribution is -2.30. The zero-order valence-corrected chi connectivity index (χ0v) is 10.0. The Bertz CT molecular complexity index is 228. The summed E-state index contributed by atoms with van der Waals surface area (Å²) < 4.78 is 5.94. The van der Waals surface area contributed by atoms with E-state index in [-0.39, 0.29) is 11.2 Å². The lowest BCUT2D eigenvalue weighted by molar-refractivity contribution is -0.121. The van der Waals surface area contributed by atoms with Gasteiger partial charge in [0.1, 0.15) is 5.78 Å². The molecule has 1 atom stereocenters. The van der Waals surface area contributed by atoms with E-state index < -0.39 is 0 Å². The molecule has 1 saturated heterocycles. The normalized spacial score (nSPS) is 29.1. The Labute approximate surface area is 87.0 Å². The van der Waals surface area contributed by atoms with E-state index in [1.54, 1.807) is 0 Å². The topological polar surface area (TPSA) is 26.3 Å². The van der Waals surface area contributed by atoms with Crippen LogP contribution in [0.2, 0.25) is 0 Å². The van der Waals surface area contributed by atoms with Crippen LogP contribution in [0, 0.1) is 5.92 Å². The molecular weight excluding hydrogens is 176 g/mol. The summed E-state index contributed by atoms with van der Waals surface area (Å²) >= 11 is 0. The van der Waals surface area contributed by atoms with Gasteiger partial charge in [-0.3, -0.25) is 4.79 Å². The molecule has 2 heteroatoms. The number of ketones is 1. The highest BCUT2D eigenvalue weighted by Crippen LogP contribution is 2.43. The Kier molecular flexibility index (Phi) is 3.05. The predicted octanol–water partition coefficient (Wildman–Crippen LogP) is 2.95. The Hall–Kier alpha value is -0.370. The zero-order chi connectivity index (χ0) is 11.0. The van der Waals surface area contributed by atoms with E-state index in [1.807, 2.05) is 6.92 Å². The monoisotopic (exact) mass is 198 g/mol. The summed E-state index contributed by atoms with van der Waals surface area (Å²) in [7, 11) is 0. The summed E-state index contributed by atoms with van der Waals surface area (Å²) in [6, 6.07) is 0. The first kappa shape index (κ1) is 11.7. The molecule has 1 unspecified atom stereocenters. The summed E-state index contributed by atoms with van der Waals surface area (Å²) in [4.78, 5) is 11.4. The highest BCUT2D eigenvalue weighted by Gasteiger charge is 2.45. The van der Waals surface area contributed by atoms with E-state index in [4.69, 9.17) is 4.74 Å². The Balaban J connectivity index is 2.66. The van der Waals surface area contributed by atoms with Crippen LogP contribution in [-0.4, -0.2) is 17.0 Å². The maximum absolute atomic E-state index is 11.4. The summed E-state index contributed by atoms with van der Waals surface area (Å²) in [6.45, 7) is 10.3. The number of carbonyl (C=O) groups is 1. The van der Waals surface area contributed by atoms with Gasteiger partial charge < -0.3 is 4.74 Å². The van der Waals surface area contributed by atoms with Crippen LogP contribution in [-0.2, 0) is 9.53 Å². The van der Waals surface area contributed by atoms with Gasteiger partial charge in [-0.15, -0.1) is 0 Å². The second-order valence-electron chi connectivity index (χ2n) is 5.46. The van der Waals surface area contributed by atoms with Crippen LogP contribution in [0.15, 0.2) is 0 Å². The number of rotatable bonds is 3. The lowest BCUT2D eigenvalue weighted by Gasteiger charge is -2.27. The van der Waals surface area contributed by atoms with Crippen molar-refractivity contribution < 1.29 is 9.53 Å². The lowest BCUT2D eigenvalue weighted by atomic mass is 9.83. The first-order valence-corrected chi connectivity index (χ1v) is 5.49. The number of hydrogen-bond donors (Lipinski definition) is 0. The Morgan fingerprint density at radius 2 is 1.93 bits per heavy atom. The maximum Gasteiger partial charge on any atom is 0.133 e. The molecule has 0 aromatic carbocycles. The largest absolute Gasteiger partial charge is 0.369 e. The third kappa shape index (κ3) is 2.57. The minimum atomic E-state index is -0.145. The second kappa shape index (κ2) is 3.65. The van der Waals surface area contributed by atoms with E-state index in [0.29, 0.717) is 24.5 Å². The summed E-state index contributed by atoms with van der Waals surface area (Å²) in [5.74, 6) is 0.731. The fraction of sp³-hybridized carbons (Fsp3) is 0.917. The maximum atomic E-state index is 11.4. The molecule has 2 nitrogen and oxygen atoms in total. The third-order valence-corrected chi connectivity index (χ3v) is 3.13. The van der Waals surface area contributed by atoms with Crippen molar-refractivity contribution in [3.8, 4) is 0 Å². The van der Waals surface area contributed by atoms with E-state index in [0.717, 1.165) is 6.42 Å². The van der Waals surface area contributed by atoms with Crippen LogP contribution in [0.5, 0.6) is 0 Å². The number of Topliss-reactive ketones (excluding diaryl/α,β-unsaturated/α-hetero) is 1. The molecule has 1 aliphatic rings. The van der Waals surface area contributed by atoms with Crippen molar-refractivity contribution in [2.75, 3.05) is 0 Å². The Morgan fingerprint density at radius 3 is 2.29 bits per heavy atom. The molecule has 0 aliphatic carbocycles. The molecule has 1 aliphatic heterocycles. The standard InChI is InChI=1S/C12H22O2/c1-6-10(13)7-9-8-11(2,3)14-12(9,4)5/h9H,6-8H2,1-5H3. The molecule has 1 heterocycles. The van der Waals surface area contributed by atoms with E-state index in [1.165, 1.54) is 0 Å². The van der Waals surface area contributed by atoms with Gasteiger partial charge in [-0.25, -0.2) is 0 Å². The van der Waals surface area contributed by atoms with Crippen LogP contribution < -0.4 is 0 Å². The van der Waals surface area contributed by atoms with Gasteiger partial charge in [0, 0.05) is 12.8 Å².